The van der Waals surface area contributed by atoms with Crippen molar-refractivity contribution in [2.75, 3.05) is 6.54 Å². The molecule has 0 bridgehead atoms. The molecular formula is C15H29NO7P2. The van der Waals surface area contributed by atoms with Crippen molar-refractivity contribution in [3.05, 3.63) is 23.3 Å². The van der Waals surface area contributed by atoms with Gasteiger partial charge < -0.3 is 24.9 Å². The second-order valence-corrected chi connectivity index (χ2v) is 10.2. The van der Waals surface area contributed by atoms with E-state index in [1.165, 1.54) is 11.1 Å². The number of hydrogen-bond donors (Lipinski definition) is 5. The molecule has 0 aromatic rings. The Balaban J connectivity index is 4.22. The van der Waals surface area contributed by atoms with Gasteiger partial charge in [0.25, 0.3) is 0 Å². The minimum atomic E-state index is -4.94. The Morgan fingerprint density at radius 2 is 1.48 bits per heavy atom. The van der Waals surface area contributed by atoms with Crippen LogP contribution in [0.15, 0.2) is 23.3 Å². The largest absolute Gasteiger partial charge is 0.356 e. The second-order valence-electron chi connectivity index (χ2n) is 6.21. The highest BCUT2D eigenvalue weighted by Gasteiger charge is 2.42. The van der Waals surface area contributed by atoms with Crippen LogP contribution in [0.5, 0.6) is 0 Å². The molecule has 0 aliphatic carbocycles. The van der Waals surface area contributed by atoms with Gasteiger partial charge in [-0.1, -0.05) is 23.3 Å². The first-order valence-electron chi connectivity index (χ1n) is 8.00. The zero-order valence-corrected chi connectivity index (χ0v) is 16.7. The predicted octanol–water partition coefficient (Wildman–Crippen LogP) is 2.65. The van der Waals surface area contributed by atoms with Crippen LogP contribution in [-0.2, 0) is 13.9 Å². The van der Waals surface area contributed by atoms with E-state index in [9.17, 15) is 13.9 Å². The molecule has 0 saturated heterocycles. The van der Waals surface area contributed by atoms with Crippen LogP contribution >= 0.6 is 15.2 Å². The third-order valence-corrected chi connectivity index (χ3v) is 7.33. The highest BCUT2D eigenvalue weighted by atomic mass is 31.2. The summed E-state index contributed by atoms with van der Waals surface area (Å²) in [6.07, 6.45) is 6.22. The number of carbonyl (C=O) groups excluding carboxylic acids is 1. The third-order valence-electron chi connectivity index (χ3n) is 3.46. The molecule has 25 heavy (non-hydrogen) atoms. The molecule has 0 saturated carbocycles. The molecule has 0 aromatic carbocycles. The summed E-state index contributed by atoms with van der Waals surface area (Å²) in [6.45, 7) is 5.85. The maximum atomic E-state index is 11.7. The van der Waals surface area contributed by atoms with E-state index in [1.807, 2.05) is 26.8 Å². The molecule has 8 nitrogen and oxygen atoms in total. The Morgan fingerprint density at radius 3 is 1.96 bits per heavy atom. The molecule has 0 radical (unpaired) electrons. The van der Waals surface area contributed by atoms with Gasteiger partial charge >= 0.3 is 15.2 Å². The van der Waals surface area contributed by atoms with Gasteiger partial charge in [0.05, 0.1) is 0 Å². The number of allylic oxidation sites excluding steroid dienone is 4. The SMILES string of the molecule is CC(C)=CCC/C(C)=C/CCC(=O)NCCC(P(=O)(O)O)P(=O)(O)O. The number of carbonyl (C=O) groups is 1. The molecule has 0 fully saturated rings. The maximum Gasteiger partial charge on any atom is 0.340 e. The van der Waals surface area contributed by atoms with Gasteiger partial charge in [-0.3, -0.25) is 13.9 Å². The van der Waals surface area contributed by atoms with E-state index in [0.717, 1.165) is 12.8 Å². The molecule has 0 heterocycles. The average molecular weight is 397 g/mol. The standard InChI is InChI=1S/C15H29NO7P2/c1-12(2)6-4-7-13(3)8-5-9-14(17)16-11-10-15(24(18,19)20)25(21,22)23/h6,8,15H,4-5,7,9-11H2,1-3H3,(H,16,17)(H2,18,19,20)(H2,21,22,23)/b13-8+. The van der Waals surface area contributed by atoms with Crippen molar-refractivity contribution in [3.8, 4) is 0 Å². The van der Waals surface area contributed by atoms with Crippen LogP contribution in [-0.4, -0.2) is 37.4 Å². The van der Waals surface area contributed by atoms with E-state index in [2.05, 4.69) is 11.4 Å². The topological polar surface area (TPSA) is 144 Å². The number of hydrogen-bond acceptors (Lipinski definition) is 3. The lowest BCUT2D eigenvalue weighted by Crippen LogP contribution is -2.27. The molecule has 0 rings (SSSR count). The van der Waals surface area contributed by atoms with E-state index in [1.54, 1.807) is 0 Å². The zero-order chi connectivity index (χ0) is 19.7. The Bertz CT molecular complexity index is 563. The van der Waals surface area contributed by atoms with Crippen LogP contribution in [0.25, 0.3) is 0 Å². The molecular weight excluding hydrogens is 368 g/mol. The summed E-state index contributed by atoms with van der Waals surface area (Å²) >= 11 is 0. The normalized spacial score (nSPS) is 13.0. The molecule has 146 valence electrons. The molecule has 0 atom stereocenters. The molecule has 0 aliphatic heterocycles. The van der Waals surface area contributed by atoms with Gasteiger partial charge in [0, 0.05) is 13.0 Å². The van der Waals surface area contributed by atoms with Crippen LogP contribution in [0, 0.1) is 0 Å². The third kappa shape index (κ3) is 12.3. The minimum absolute atomic E-state index is 0.205. The van der Waals surface area contributed by atoms with Crippen molar-refractivity contribution in [2.24, 2.45) is 0 Å². The van der Waals surface area contributed by atoms with E-state index < -0.39 is 27.0 Å². The van der Waals surface area contributed by atoms with Crippen LogP contribution in [0.1, 0.15) is 52.9 Å². The Morgan fingerprint density at radius 1 is 0.960 bits per heavy atom. The smallest absolute Gasteiger partial charge is 0.340 e. The van der Waals surface area contributed by atoms with E-state index >= 15 is 0 Å². The van der Waals surface area contributed by atoms with Gasteiger partial charge in [-0.05, 0) is 46.5 Å². The fraction of sp³-hybridized carbons (Fsp3) is 0.667. The summed E-state index contributed by atoms with van der Waals surface area (Å²) < 4.78 is 22.2. The summed E-state index contributed by atoms with van der Waals surface area (Å²) in [5.41, 5.74) is 2.43. The lowest BCUT2D eigenvalue weighted by molar-refractivity contribution is -0.121. The summed E-state index contributed by atoms with van der Waals surface area (Å²) in [5.74, 6) is -0.330. The monoisotopic (exact) mass is 397 g/mol. The first kappa shape index (κ1) is 24.2. The van der Waals surface area contributed by atoms with Gasteiger partial charge in [-0.15, -0.1) is 0 Å². The first-order chi connectivity index (χ1) is 11.3. The first-order valence-corrected chi connectivity index (χ1v) is 11.4. The lowest BCUT2D eigenvalue weighted by atomic mass is 10.1. The summed E-state index contributed by atoms with van der Waals surface area (Å²) in [7, 11) is -9.88. The van der Waals surface area contributed by atoms with E-state index in [0.29, 0.717) is 6.42 Å². The molecule has 10 heteroatoms. The van der Waals surface area contributed by atoms with Crippen LogP contribution in [0.3, 0.4) is 0 Å². The molecule has 5 N–H and O–H groups in total. The van der Waals surface area contributed by atoms with E-state index in [-0.39, 0.29) is 18.9 Å². The molecule has 0 aliphatic rings. The number of rotatable bonds is 11. The van der Waals surface area contributed by atoms with Crippen molar-refractivity contribution in [1.82, 2.24) is 5.32 Å². The van der Waals surface area contributed by atoms with Gasteiger partial charge in [0.15, 0.2) is 5.40 Å². The highest BCUT2D eigenvalue weighted by molar-refractivity contribution is 7.70. The lowest BCUT2D eigenvalue weighted by Gasteiger charge is -2.19. The van der Waals surface area contributed by atoms with Gasteiger partial charge in [0.1, 0.15) is 0 Å². The molecule has 0 aromatic heterocycles. The van der Waals surface area contributed by atoms with Crippen molar-refractivity contribution >= 4 is 21.1 Å². The predicted molar refractivity (Wildman–Crippen MR) is 97.2 cm³/mol. The number of amides is 1. The molecule has 0 spiro atoms. The quantitative estimate of drug-likeness (QED) is 0.266. The van der Waals surface area contributed by atoms with Crippen LogP contribution in [0.4, 0.5) is 0 Å². The zero-order valence-electron chi connectivity index (χ0n) is 14.9. The van der Waals surface area contributed by atoms with Gasteiger partial charge in [-0.25, -0.2) is 0 Å². The maximum absolute atomic E-state index is 11.7. The van der Waals surface area contributed by atoms with Crippen molar-refractivity contribution in [1.29, 1.82) is 0 Å². The van der Waals surface area contributed by atoms with Crippen molar-refractivity contribution < 1.29 is 33.5 Å². The summed E-state index contributed by atoms with van der Waals surface area (Å²) in [5, 5.41) is 0.339. The minimum Gasteiger partial charge on any atom is -0.356 e. The van der Waals surface area contributed by atoms with Gasteiger partial charge in [0.2, 0.25) is 5.91 Å². The Labute approximate surface area is 148 Å². The Kier molecular flexibility index (Phi) is 10.7. The Hall–Kier alpha value is -0.750. The fourth-order valence-electron chi connectivity index (χ4n) is 2.10. The molecule has 0 unspecified atom stereocenters. The second kappa shape index (κ2) is 11.1. The summed E-state index contributed by atoms with van der Waals surface area (Å²) in [4.78, 5) is 47.6. The van der Waals surface area contributed by atoms with Crippen molar-refractivity contribution in [3.63, 3.8) is 0 Å². The van der Waals surface area contributed by atoms with Crippen molar-refractivity contribution in [2.45, 2.75) is 58.3 Å². The van der Waals surface area contributed by atoms with Crippen LogP contribution < -0.4 is 5.32 Å². The number of nitrogens with one attached hydrogen (secondary N) is 1. The van der Waals surface area contributed by atoms with E-state index in [4.69, 9.17) is 19.6 Å². The van der Waals surface area contributed by atoms with Crippen LogP contribution in [0.2, 0.25) is 0 Å². The van der Waals surface area contributed by atoms with Gasteiger partial charge in [-0.2, -0.15) is 0 Å². The fourth-order valence-corrected chi connectivity index (χ4v) is 4.60. The average Bonchev–Trinajstić information content (AvgIpc) is 2.40. The summed E-state index contributed by atoms with van der Waals surface area (Å²) in [6, 6.07) is 0. The highest BCUT2D eigenvalue weighted by Crippen LogP contribution is 2.61. The molecule has 1 amide bonds.